The summed E-state index contributed by atoms with van der Waals surface area (Å²) in [5.41, 5.74) is 1.01. The molecule has 1 fully saturated rings. The van der Waals surface area contributed by atoms with Crippen molar-refractivity contribution in [3.05, 3.63) is 76.0 Å². The number of nitrogens with one attached hydrogen (secondary N) is 1. The van der Waals surface area contributed by atoms with E-state index < -0.39 is 21.6 Å². The van der Waals surface area contributed by atoms with Crippen LogP contribution in [0.25, 0.3) is 22.2 Å². The Morgan fingerprint density at radius 3 is 2.72 bits per heavy atom. The summed E-state index contributed by atoms with van der Waals surface area (Å²) < 4.78 is 33.3. The minimum Gasteiger partial charge on any atom is -0.422 e. The Morgan fingerprint density at radius 2 is 1.94 bits per heavy atom. The maximum atomic E-state index is 13.2. The van der Waals surface area contributed by atoms with E-state index in [1.165, 1.54) is 35.6 Å². The molecule has 0 saturated carbocycles. The molecular weight excluding hydrogens is 498 g/mol. The van der Waals surface area contributed by atoms with Crippen LogP contribution in [0.5, 0.6) is 0 Å². The Bertz CT molecular complexity index is 1580. The number of amides is 1. The topological polar surface area (TPSA) is 110 Å². The van der Waals surface area contributed by atoms with E-state index in [2.05, 4.69) is 10.3 Å². The van der Waals surface area contributed by atoms with Crippen LogP contribution < -0.4 is 10.9 Å². The van der Waals surface area contributed by atoms with E-state index >= 15 is 0 Å². The highest BCUT2D eigenvalue weighted by molar-refractivity contribution is 7.89. The lowest BCUT2D eigenvalue weighted by Gasteiger charge is -2.34. The van der Waals surface area contributed by atoms with Crippen LogP contribution in [-0.2, 0) is 10.0 Å². The first-order valence-corrected chi connectivity index (χ1v) is 14.1. The van der Waals surface area contributed by atoms with Crippen LogP contribution in [0.15, 0.2) is 74.1 Å². The fourth-order valence-electron chi connectivity index (χ4n) is 4.48. The normalized spacial score (nSPS) is 16.8. The van der Waals surface area contributed by atoms with Crippen LogP contribution in [-0.4, -0.2) is 36.2 Å². The van der Waals surface area contributed by atoms with Crippen LogP contribution in [0.2, 0.25) is 0 Å². The average molecular weight is 524 g/mol. The summed E-state index contributed by atoms with van der Waals surface area (Å²) in [5, 5.41) is 5.49. The third-order valence-corrected chi connectivity index (χ3v) is 9.13. The highest BCUT2D eigenvalue weighted by atomic mass is 32.2. The maximum Gasteiger partial charge on any atom is 0.345 e. The number of hydrogen-bond acceptors (Lipinski definition) is 7. The molecule has 1 aliphatic heterocycles. The van der Waals surface area contributed by atoms with E-state index in [1.807, 2.05) is 19.1 Å². The summed E-state index contributed by atoms with van der Waals surface area (Å²) in [5.74, 6) is -0.421. The van der Waals surface area contributed by atoms with Gasteiger partial charge in [0, 0.05) is 28.9 Å². The second-order valence-corrected chi connectivity index (χ2v) is 11.4. The lowest BCUT2D eigenvalue weighted by molar-refractivity contribution is 0.102. The zero-order valence-electron chi connectivity index (χ0n) is 19.6. The number of sulfonamides is 1. The molecule has 1 saturated heterocycles. The first-order valence-electron chi connectivity index (χ1n) is 11.8. The standard InChI is InChI=1S/C26H25N3O5S2/c1-2-19-8-5-6-14-29(19)36(32,33)20-12-10-17(11-13-20)24(30)28-26-27-22(16-35-26)21-15-18-7-3-4-9-23(18)34-25(21)31/h3-4,7,9-13,15-16,19H,2,5-6,8,14H2,1H3,(H,27,28,30). The molecule has 5 rings (SSSR count). The average Bonchev–Trinajstić information content (AvgIpc) is 3.36. The van der Waals surface area contributed by atoms with Crippen molar-refractivity contribution in [3.8, 4) is 11.3 Å². The quantitative estimate of drug-likeness (QED) is 0.351. The molecule has 0 radical (unpaired) electrons. The number of aromatic nitrogens is 1. The van der Waals surface area contributed by atoms with Crippen LogP contribution >= 0.6 is 11.3 Å². The van der Waals surface area contributed by atoms with E-state index in [9.17, 15) is 18.0 Å². The predicted octanol–water partition coefficient (Wildman–Crippen LogP) is 5.12. The second-order valence-electron chi connectivity index (χ2n) is 8.68. The number of carbonyl (C=O) groups is 1. The van der Waals surface area contributed by atoms with Crippen LogP contribution in [0, 0.1) is 0 Å². The summed E-state index contributed by atoms with van der Waals surface area (Å²) in [7, 11) is -3.62. The van der Waals surface area contributed by atoms with Crippen molar-refractivity contribution in [2.75, 3.05) is 11.9 Å². The third kappa shape index (κ3) is 4.71. The molecule has 1 amide bonds. The molecule has 2 aromatic carbocycles. The monoisotopic (exact) mass is 523 g/mol. The molecule has 0 bridgehead atoms. The Morgan fingerprint density at radius 1 is 1.17 bits per heavy atom. The van der Waals surface area contributed by atoms with Gasteiger partial charge in [0.15, 0.2) is 5.13 Å². The van der Waals surface area contributed by atoms with Crippen LogP contribution in [0.4, 0.5) is 5.13 Å². The molecule has 186 valence electrons. The lowest BCUT2D eigenvalue weighted by Crippen LogP contribution is -2.43. The summed E-state index contributed by atoms with van der Waals surface area (Å²) in [4.78, 5) is 29.7. The van der Waals surface area contributed by atoms with E-state index in [0.717, 1.165) is 31.1 Å². The molecule has 0 spiro atoms. The second kappa shape index (κ2) is 9.96. The Labute approximate surface area is 212 Å². The number of anilines is 1. The van der Waals surface area contributed by atoms with Gasteiger partial charge in [-0.2, -0.15) is 4.31 Å². The van der Waals surface area contributed by atoms with Crippen molar-refractivity contribution < 1.29 is 17.6 Å². The summed E-state index contributed by atoms with van der Waals surface area (Å²) in [6.45, 7) is 2.52. The number of piperidine rings is 1. The fraction of sp³-hybridized carbons (Fsp3) is 0.269. The Balaban J connectivity index is 1.32. The first kappa shape index (κ1) is 24.4. The number of benzene rings is 2. The number of thiazole rings is 1. The number of para-hydroxylation sites is 1. The minimum atomic E-state index is -3.62. The number of hydrogen-bond donors (Lipinski definition) is 1. The zero-order valence-corrected chi connectivity index (χ0v) is 21.3. The zero-order chi connectivity index (χ0) is 25.3. The molecule has 8 nitrogen and oxygen atoms in total. The van der Waals surface area contributed by atoms with Crippen molar-refractivity contribution in [2.24, 2.45) is 0 Å². The van der Waals surface area contributed by atoms with Gasteiger partial charge < -0.3 is 4.42 Å². The van der Waals surface area contributed by atoms with E-state index in [1.54, 1.807) is 27.9 Å². The fourth-order valence-corrected chi connectivity index (χ4v) is 6.95. The third-order valence-electron chi connectivity index (χ3n) is 6.41. The smallest absolute Gasteiger partial charge is 0.345 e. The number of fused-ring (bicyclic) bond motifs is 1. The van der Waals surface area contributed by atoms with Gasteiger partial charge in [-0.25, -0.2) is 18.2 Å². The first-order chi connectivity index (χ1) is 17.4. The van der Waals surface area contributed by atoms with Crippen molar-refractivity contribution in [3.63, 3.8) is 0 Å². The molecular formula is C26H25N3O5S2. The molecule has 1 aliphatic rings. The summed E-state index contributed by atoms with van der Waals surface area (Å²) in [6.07, 6.45) is 3.53. The SMILES string of the molecule is CCC1CCCCN1S(=O)(=O)c1ccc(C(=O)Nc2nc(-c3cc4ccccc4oc3=O)cs2)cc1. The van der Waals surface area contributed by atoms with Crippen molar-refractivity contribution in [1.29, 1.82) is 0 Å². The van der Waals surface area contributed by atoms with Gasteiger partial charge in [0.2, 0.25) is 10.0 Å². The maximum absolute atomic E-state index is 13.2. The Kier molecular flexibility index (Phi) is 6.74. The van der Waals surface area contributed by atoms with E-state index in [-0.39, 0.29) is 10.9 Å². The Hall–Kier alpha value is -3.34. The molecule has 1 unspecified atom stereocenters. The van der Waals surface area contributed by atoms with Crippen molar-refractivity contribution in [2.45, 2.75) is 43.5 Å². The molecule has 36 heavy (non-hydrogen) atoms. The largest absolute Gasteiger partial charge is 0.422 e. The molecule has 1 N–H and O–H groups in total. The van der Waals surface area contributed by atoms with Gasteiger partial charge in [-0.3, -0.25) is 10.1 Å². The van der Waals surface area contributed by atoms with Crippen molar-refractivity contribution in [1.82, 2.24) is 9.29 Å². The van der Waals surface area contributed by atoms with Gasteiger partial charge in [-0.1, -0.05) is 31.5 Å². The van der Waals surface area contributed by atoms with E-state index in [0.29, 0.717) is 34.1 Å². The predicted molar refractivity (Wildman–Crippen MR) is 140 cm³/mol. The highest BCUT2D eigenvalue weighted by Gasteiger charge is 2.32. The molecule has 1 atom stereocenters. The van der Waals surface area contributed by atoms with Crippen LogP contribution in [0.3, 0.4) is 0 Å². The van der Waals surface area contributed by atoms with Gasteiger partial charge in [-0.15, -0.1) is 11.3 Å². The minimum absolute atomic E-state index is 0.0101. The molecule has 0 aliphatic carbocycles. The number of rotatable bonds is 6. The molecule has 2 aromatic heterocycles. The number of carbonyl (C=O) groups excluding carboxylic acids is 1. The van der Waals surface area contributed by atoms with Gasteiger partial charge in [0.1, 0.15) is 5.58 Å². The summed E-state index contributed by atoms with van der Waals surface area (Å²) >= 11 is 1.18. The summed E-state index contributed by atoms with van der Waals surface area (Å²) in [6, 6.07) is 14.9. The van der Waals surface area contributed by atoms with Gasteiger partial charge >= 0.3 is 5.63 Å². The highest BCUT2D eigenvalue weighted by Crippen LogP contribution is 2.28. The van der Waals surface area contributed by atoms with Gasteiger partial charge in [0.25, 0.3) is 5.91 Å². The van der Waals surface area contributed by atoms with Crippen LogP contribution in [0.1, 0.15) is 43.0 Å². The van der Waals surface area contributed by atoms with Crippen molar-refractivity contribution >= 4 is 43.4 Å². The van der Waals surface area contributed by atoms with Gasteiger partial charge in [-0.05, 0) is 55.7 Å². The molecule has 10 heteroatoms. The van der Waals surface area contributed by atoms with Gasteiger partial charge in [0.05, 0.1) is 16.2 Å². The van der Waals surface area contributed by atoms with E-state index in [4.69, 9.17) is 4.42 Å². The molecule has 3 heterocycles. The lowest BCUT2D eigenvalue weighted by atomic mass is 10.0. The number of nitrogens with zero attached hydrogens (tertiary/aromatic N) is 2. The molecule has 4 aromatic rings.